The molecule has 4 rings (SSSR count). The van der Waals surface area contributed by atoms with Crippen LogP contribution in [0, 0.1) is 5.82 Å². The third kappa shape index (κ3) is 4.99. The molecule has 1 aliphatic rings. The Morgan fingerprint density at radius 3 is 2.56 bits per heavy atom. The highest BCUT2D eigenvalue weighted by molar-refractivity contribution is 7.99. The zero-order valence-corrected chi connectivity index (χ0v) is 18.2. The normalized spacial score (nSPS) is 14.3. The highest BCUT2D eigenvalue weighted by atomic mass is 32.2. The molecule has 0 aliphatic heterocycles. The van der Waals surface area contributed by atoms with E-state index in [2.05, 4.69) is 15.6 Å². The van der Waals surface area contributed by atoms with Crippen LogP contribution >= 0.6 is 11.8 Å². The molecule has 3 aromatic rings. The first kappa shape index (κ1) is 22.0. The van der Waals surface area contributed by atoms with E-state index in [1.54, 1.807) is 30.3 Å². The van der Waals surface area contributed by atoms with Gasteiger partial charge in [0, 0.05) is 6.04 Å². The van der Waals surface area contributed by atoms with E-state index < -0.39 is 23.3 Å². The summed E-state index contributed by atoms with van der Waals surface area (Å²) in [5.74, 6) is -1.26. The molecule has 7 nitrogen and oxygen atoms in total. The quantitative estimate of drug-likeness (QED) is 0.452. The monoisotopic (exact) mass is 454 g/mol. The van der Waals surface area contributed by atoms with Crippen LogP contribution in [0.15, 0.2) is 58.5 Å². The number of nitrogens with zero attached hydrogens (tertiary/aromatic N) is 2. The van der Waals surface area contributed by atoms with Gasteiger partial charge in [-0.25, -0.2) is 14.2 Å². The van der Waals surface area contributed by atoms with Gasteiger partial charge in [-0.2, -0.15) is 0 Å². The highest BCUT2D eigenvalue weighted by Crippen LogP contribution is 2.23. The van der Waals surface area contributed by atoms with E-state index in [-0.39, 0.29) is 22.6 Å². The molecule has 1 heterocycles. The Bertz CT molecular complexity index is 1210. The molecule has 1 aliphatic carbocycles. The minimum Gasteiger partial charge on any atom is -0.335 e. The maximum absolute atomic E-state index is 14.5. The zero-order valence-electron chi connectivity index (χ0n) is 17.3. The molecule has 1 saturated carbocycles. The molecule has 3 amide bonds. The number of urea groups is 1. The minimum atomic E-state index is -0.579. The number of benzene rings is 2. The summed E-state index contributed by atoms with van der Waals surface area (Å²) in [5.41, 5.74) is 0.0652. The largest absolute Gasteiger partial charge is 0.335 e. The zero-order chi connectivity index (χ0) is 22.5. The Hall–Kier alpha value is -3.20. The van der Waals surface area contributed by atoms with Gasteiger partial charge in [0.15, 0.2) is 5.16 Å². The molecule has 32 heavy (non-hydrogen) atoms. The van der Waals surface area contributed by atoms with E-state index in [0.717, 1.165) is 48.4 Å². The van der Waals surface area contributed by atoms with Gasteiger partial charge in [-0.15, -0.1) is 0 Å². The van der Waals surface area contributed by atoms with Gasteiger partial charge in [0.2, 0.25) is 5.91 Å². The summed E-state index contributed by atoms with van der Waals surface area (Å²) in [4.78, 5) is 42.1. The standard InChI is InChI=1S/C23H23FN4O3S/c24-17-11-5-7-13-19(17)28-21(30)16-10-4-6-12-18(16)26-23(28)32-14-20(29)27-22(31)25-15-8-2-1-3-9-15/h4-7,10-13,15H,1-3,8-9,14H2,(H2,25,27,29,31). The van der Waals surface area contributed by atoms with E-state index in [4.69, 9.17) is 0 Å². The Labute approximate surface area is 188 Å². The number of carbonyl (C=O) groups excluding carboxylic acids is 2. The summed E-state index contributed by atoms with van der Waals surface area (Å²) in [5, 5.41) is 5.66. The first-order valence-electron chi connectivity index (χ1n) is 10.5. The lowest BCUT2D eigenvalue weighted by atomic mass is 9.96. The maximum Gasteiger partial charge on any atom is 0.321 e. The molecule has 0 bridgehead atoms. The molecular weight excluding hydrogens is 431 g/mol. The average Bonchev–Trinajstić information content (AvgIpc) is 2.79. The van der Waals surface area contributed by atoms with Crippen molar-refractivity contribution in [2.45, 2.75) is 43.3 Å². The van der Waals surface area contributed by atoms with E-state index in [1.807, 2.05) is 0 Å². The van der Waals surface area contributed by atoms with Crippen LogP contribution in [0.1, 0.15) is 32.1 Å². The van der Waals surface area contributed by atoms with E-state index in [0.29, 0.717) is 10.9 Å². The molecular formula is C23H23FN4O3S. The van der Waals surface area contributed by atoms with Crippen LogP contribution in [0.3, 0.4) is 0 Å². The van der Waals surface area contributed by atoms with Crippen molar-refractivity contribution in [2.75, 3.05) is 5.75 Å². The number of aromatic nitrogens is 2. The van der Waals surface area contributed by atoms with Gasteiger partial charge in [0.25, 0.3) is 5.56 Å². The average molecular weight is 455 g/mol. The van der Waals surface area contributed by atoms with E-state index >= 15 is 0 Å². The molecule has 0 spiro atoms. The fourth-order valence-corrected chi connectivity index (χ4v) is 4.62. The number of rotatable bonds is 5. The Kier molecular flexibility index (Phi) is 6.84. The van der Waals surface area contributed by atoms with Crippen molar-refractivity contribution in [3.63, 3.8) is 0 Å². The van der Waals surface area contributed by atoms with Gasteiger partial charge in [-0.1, -0.05) is 55.3 Å². The number of para-hydroxylation sites is 2. The predicted molar refractivity (Wildman–Crippen MR) is 122 cm³/mol. The third-order valence-corrected chi connectivity index (χ3v) is 6.30. The van der Waals surface area contributed by atoms with Gasteiger partial charge < -0.3 is 5.32 Å². The number of carbonyl (C=O) groups is 2. The molecule has 1 aromatic heterocycles. The molecule has 0 saturated heterocycles. The summed E-state index contributed by atoms with van der Waals surface area (Å²) in [6.07, 6.45) is 5.11. The summed E-state index contributed by atoms with van der Waals surface area (Å²) >= 11 is 0.969. The van der Waals surface area contributed by atoms with Crippen molar-refractivity contribution >= 4 is 34.6 Å². The lowest BCUT2D eigenvalue weighted by Gasteiger charge is -2.22. The fraction of sp³-hybridized carbons (Fsp3) is 0.304. The number of imide groups is 1. The van der Waals surface area contributed by atoms with Crippen LogP contribution in [-0.4, -0.2) is 33.3 Å². The lowest BCUT2D eigenvalue weighted by molar-refractivity contribution is -0.117. The number of thioether (sulfide) groups is 1. The van der Waals surface area contributed by atoms with Gasteiger partial charge in [-0.05, 0) is 37.1 Å². The van der Waals surface area contributed by atoms with Crippen molar-refractivity contribution in [1.29, 1.82) is 0 Å². The Morgan fingerprint density at radius 2 is 1.78 bits per heavy atom. The van der Waals surface area contributed by atoms with Crippen LogP contribution in [0.4, 0.5) is 9.18 Å². The van der Waals surface area contributed by atoms with Crippen LogP contribution in [0.25, 0.3) is 16.6 Å². The smallest absolute Gasteiger partial charge is 0.321 e. The van der Waals surface area contributed by atoms with Crippen LogP contribution < -0.4 is 16.2 Å². The van der Waals surface area contributed by atoms with Crippen molar-refractivity contribution in [3.8, 4) is 5.69 Å². The summed E-state index contributed by atoms with van der Waals surface area (Å²) in [6.45, 7) is 0. The number of hydrogen-bond acceptors (Lipinski definition) is 5. The molecule has 0 radical (unpaired) electrons. The summed E-state index contributed by atoms with van der Waals surface area (Å²) in [7, 11) is 0. The molecule has 166 valence electrons. The number of amides is 3. The first-order valence-corrected chi connectivity index (χ1v) is 11.5. The van der Waals surface area contributed by atoms with Crippen LogP contribution in [-0.2, 0) is 4.79 Å². The second-order valence-electron chi connectivity index (χ2n) is 7.65. The van der Waals surface area contributed by atoms with Crippen molar-refractivity contribution in [3.05, 3.63) is 64.7 Å². The molecule has 0 unspecified atom stereocenters. The van der Waals surface area contributed by atoms with Crippen molar-refractivity contribution < 1.29 is 14.0 Å². The van der Waals surface area contributed by atoms with Gasteiger partial charge in [-0.3, -0.25) is 19.5 Å². The third-order valence-electron chi connectivity index (χ3n) is 5.36. The van der Waals surface area contributed by atoms with Gasteiger partial charge in [0.05, 0.1) is 22.3 Å². The molecule has 2 N–H and O–H groups in total. The minimum absolute atomic E-state index is 0.0497. The topological polar surface area (TPSA) is 93.1 Å². The first-order chi connectivity index (χ1) is 15.5. The van der Waals surface area contributed by atoms with Crippen molar-refractivity contribution in [2.24, 2.45) is 0 Å². The van der Waals surface area contributed by atoms with E-state index in [9.17, 15) is 18.8 Å². The number of halogens is 1. The molecule has 9 heteroatoms. The number of nitrogens with one attached hydrogen (secondary N) is 2. The number of hydrogen-bond donors (Lipinski definition) is 2. The molecule has 2 aromatic carbocycles. The van der Waals surface area contributed by atoms with E-state index in [1.165, 1.54) is 18.2 Å². The molecule has 1 fully saturated rings. The second kappa shape index (κ2) is 9.95. The van der Waals surface area contributed by atoms with Gasteiger partial charge in [0.1, 0.15) is 5.82 Å². The molecule has 0 atom stereocenters. The van der Waals surface area contributed by atoms with Crippen LogP contribution in [0.5, 0.6) is 0 Å². The maximum atomic E-state index is 14.5. The number of fused-ring (bicyclic) bond motifs is 1. The SMILES string of the molecule is O=C(CSc1nc2ccccc2c(=O)n1-c1ccccc1F)NC(=O)NC1CCCCC1. The Balaban J connectivity index is 1.54. The highest BCUT2D eigenvalue weighted by Gasteiger charge is 2.19. The lowest BCUT2D eigenvalue weighted by Crippen LogP contribution is -2.45. The summed E-state index contributed by atoms with van der Waals surface area (Å²) < 4.78 is 15.7. The van der Waals surface area contributed by atoms with Crippen LogP contribution in [0.2, 0.25) is 0 Å². The van der Waals surface area contributed by atoms with Gasteiger partial charge >= 0.3 is 6.03 Å². The Morgan fingerprint density at radius 1 is 1.06 bits per heavy atom. The summed E-state index contributed by atoms with van der Waals surface area (Å²) in [6, 6.07) is 12.2. The fourth-order valence-electron chi connectivity index (χ4n) is 3.82. The predicted octanol–water partition coefficient (Wildman–Crippen LogP) is 3.78. The van der Waals surface area contributed by atoms with Crippen molar-refractivity contribution in [1.82, 2.24) is 20.2 Å². The second-order valence-corrected chi connectivity index (χ2v) is 8.59.